The second-order valence-electron chi connectivity index (χ2n) is 2.87. The maximum atomic E-state index is 12.7. The smallest absolute Gasteiger partial charge is 0.164 e. The lowest BCUT2D eigenvalue weighted by Crippen LogP contribution is -2.08. The highest BCUT2D eigenvalue weighted by molar-refractivity contribution is 5.46. The average molecular weight is 168 g/mol. The molecule has 0 atom stereocenters. The highest BCUT2D eigenvalue weighted by Crippen LogP contribution is 2.34. The van der Waals surface area contributed by atoms with Gasteiger partial charge in [-0.25, -0.2) is 4.39 Å². The lowest BCUT2D eigenvalue weighted by molar-refractivity contribution is 0.271. The van der Waals surface area contributed by atoms with E-state index < -0.39 is 5.82 Å². The molecular formula is C9H9FO2. The van der Waals surface area contributed by atoms with Crippen molar-refractivity contribution in [3.63, 3.8) is 0 Å². The number of aryl methyl sites for hydroxylation is 1. The Kier molecular flexibility index (Phi) is 1.64. The fourth-order valence-electron chi connectivity index (χ4n) is 1.42. The van der Waals surface area contributed by atoms with Gasteiger partial charge in [-0.3, -0.25) is 0 Å². The lowest BCUT2D eigenvalue weighted by Gasteiger charge is -2.17. The van der Waals surface area contributed by atoms with Crippen molar-refractivity contribution in [2.45, 2.75) is 12.8 Å². The van der Waals surface area contributed by atoms with Gasteiger partial charge in [0, 0.05) is 11.6 Å². The van der Waals surface area contributed by atoms with E-state index in [0.29, 0.717) is 12.4 Å². The highest BCUT2D eigenvalue weighted by Gasteiger charge is 2.15. The molecular weight excluding hydrogens is 159 g/mol. The predicted molar refractivity (Wildman–Crippen MR) is 41.9 cm³/mol. The highest BCUT2D eigenvalue weighted by atomic mass is 19.1. The summed E-state index contributed by atoms with van der Waals surface area (Å²) in [7, 11) is 0. The van der Waals surface area contributed by atoms with Gasteiger partial charge >= 0.3 is 0 Å². The van der Waals surface area contributed by atoms with Crippen LogP contribution in [0.25, 0.3) is 0 Å². The first-order valence-electron chi connectivity index (χ1n) is 3.91. The lowest BCUT2D eigenvalue weighted by atomic mass is 10.1. The van der Waals surface area contributed by atoms with E-state index in [1.165, 1.54) is 6.07 Å². The Morgan fingerprint density at radius 3 is 3.08 bits per heavy atom. The Hall–Kier alpha value is -1.25. The van der Waals surface area contributed by atoms with Crippen molar-refractivity contribution < 1.29 is 14.2 Å². The van der Waals surface area contributed by atoms with Crippen LogP contribution in [0.3, 0.4) is 0 Å². The molecule has 1 heterocycles. The van der Waals surface area contributed by atoms with E-state index in [1.54, 1.807) is 0 Å². The van der Waals surface area contributed by atoms with Crippen molar-refractivity contribution in [3.8, 4) is 11.5 Å². The molecule has 12 heavy (non-hydrogen) atoms. The van der Waals surface area contributed by atoms with Crippen LogP contribution in [0.4, 0.5) is 4.39 Å². The van der Waals surface area contributed by atoms with Gasteiger partial charge in [0.05, 0.1) is 6.61 Å². The van der Waals surface area contributed by atoms with Crippen LogP contribution in [0.1, 0.15) is 12.0 Å². The summed E-state index contributed by atoms with van der Waals surface area (Å²) >= 11 is 0. The van der Waals surface area contributed by atoms with Crippen LogP contribution in [-0.4, -0.2) is 11.7 Å². The summed E-state index contributed by atoms with van der Waals surface area (Å²) in [4.78, 5) is 0. The normalized spacial score (nSPS) is 15.1. The summed E-state index contributed by atoms with van der Waals surface area (Å²) < 4.78 is 17.9. The van der Waals surface area contributed by atoms with Crippen LogP contribution in [-0.2, 0) is 6.42 Å². The number of phenolic OH excluding ortho intramolecular Hbond substituents is 1. The number of phenols is 1. The molecule has 2 rings (SSSR count). The van der Waals surface area contributed by atoms with E-state index in [-0.39, 0.29) is 5.75 Å². The molecule has 0 unspecified atom stereocenters. The third-order valence-corrected chi connectivity index (χ3v) is 1.95. The van der Waals surface area contributed by atoms with Crippen molar-refractivity contribution in [2.75, 3.05) is 6.61 Å². The monoisotopic (exact) mass is 168 g/mol. The summed E-state index contributed by atoms with van der Waals surface area (Å²) in [5.41, 5.74) is 0.763. The molecule has 2 nitrogen and oxygen atoms in total. The van der Waals surface area contributed by atoms with Crippen molar-refractivity contribution >= 4 is 0 Å². The molecule has 0 aliphatic carbocycles. The Bertz CT molecular complexity index is 310. The van der Waals surface area contributed by atoms with Crippen LogP contribution >= 0.6 is 0 Å². The van der Waals surface area contributed by atoms with Crippen LogP contribution in [0, 0.1) is 5.82 Å². The molecule has 0 amide bonds. The minimum absolute atomic E-state index is 0.0929. The van der Waals surface area contributed by atoms with E-state index in [1.807, 2.05) is 0 Å². The zero-order valence-corrected chi connectivity index (χ0v) is 6.51. The van der Waals surface area contributed by atoms with Gasteiger partial charge in [-0.15, -0.1) is 0 Å². The first-order valence-corrected chi connectivity index (χ1v) is 3.91. The number of aromatic hydroxyl groups is 1. The molecule has 0 bridgehead atoms. The van der Waals surface area contributed by atoms with Crippen molar-refractivity contribution in [3.05, 3.63) is 23.5 Å². The van der Waals surface area contributed by atoms with Gasteiger partial charge < -0.3 is 9.84 Å². The van der Waals surface area contributed by atoms with Gasteiger partial charge in [0.2, 0.25) is 0 Å². The third-order valence-electron chi connectivity index (χ3n) is 1.95. The largest absolute Gasteiger partial charge is 0.504 e. The van der Waals surface area contributed by atoms with Crippen molar-refractivity contribution in [2.24, 2.45) is 0 Å². The maximum Gasteiger partial charge on any atom is 0.164 e. The number of fused-ring (bicyclic) bond motifs is 1. The van der Waals surface area contributed by atoms with E-state index in [9.17, 15) is 9.50 Å². The zero-order chi connectivity index (χ0) is 8.55. The minimum Gasteiger partial charge on any atom is -0.504 e. The Morgan fingerprint density at radius 1 is 1.42 bits per heavy atom. The predicted octanol–water partition coefficient (Wildman–Crippen LogP) is 1.86. The van der Waals surface area contributed by atoms with E-state index >= 15 is 0 Å². The molecule has 0 saturated carbocycles. The molecule has 1 aliphatic heterocycles. The van der Waals surface area contributed by atoms with Crippen LogP contribution < -0.4 is 4.74 Å². The summed E-state index contributed by atoms with van der Waals surface area (Å²) in [5, 5.41) is 9.27. The summed E-state index contributed by atoms with van der Waals surface area (Å²) in [6.45, 7) is 0.603. The van der Waals surface area contributed by atoms with Gasteiger partial charge in [0.15, 0.2) is 11.5 Å². The summed E-state index contributed by atoms with van der Waals surface area (Å²) in [6, 6.07) is 2.48. The zero-order valence-electron chi connectivity index (χ0n) is 6.51. The second kappa shape index (κ2) is 2.66. The van der Waals surface area contributed by atoms with Crippen molar-refractivity contribution in [1.29, 1.82) is 0 Å². The van der Waals surface area contributed by atoms with Crippen molar-refractivity contribution in [1.82, 2.24) is 0 Å². The van der Waals surface area contributed by atoms with E-state index in [2.05, 4.69) is 0 Å². The topological polar surface area (TPSA) is 29.5 Å². The number of rotatable bonds is 0. The fraction of sp³-hybridized carbons (Fsp3) is 0.333. The average Bonchev–Trinajstić information content (AvgIpc) is 2.04. The Morgan fingerprint density at radius 2 is 2.25 bits per heavy atom. The molecule has 0 fully saturated rings. The summed E-state index contributed by atoms with van der Waals surface area (Å²) in [6.07, 6.45) is 1.66. The van der Waals surface area contributed by atoms with Crippen LogP contribution in [0.15, 0.2) is 12.1 Å². The molecule has 1 N–H and O–H groups in total. The van der Waals surface area contributed by atoms with Crippen LogP contribution in [0.2, 0.25) is 0 Å². The first kappa shape index (κ1) is 7.40. The van der Waals surface area contributed by atoms with Gasteiger partial charge in [-0.05, 0) is 18.9 Å². The molecule has 3 heteroatoms. The number of ether oxygens (including phenoxy) is 1. The molecule has 0 spiro atoms. The fourth-order valence-corrected chi connectivity index (χ4v) is 1.42. The standard InChI is InChI=1S/C9H9FO2/c10-7-4-6-2-1-3-12-9(6)8(11)5-7/h4-5,11H,1-3H2. The number of hydrogen-bond donors (Lipinski definition) is 1. The third kappa shape index (κ3) is 1.11. The van der Waals surface area contributed by atoms with Gasteiger partial charge in [-0.1, -0.05) is 0 Å². The number of benzene rings is 1. The van der Waals surface area contributed by atoms with Gasteiger partial charge in [0.25, 0.3) is 0 Å². The number of halogens is 1. The van der Waals surface area contributed by atoms with Crippen LogP contribution in [0.5, 0.6) is 11.5 Å². The quantitative estimate of drug-likeness (QED) is 0.640. The SMILES string of the molecule is Oc1cc(F)cc2c1OCCC2. The molecule has 1 aliphatic rings. The molecule has 0 radical (unpaired) electrons. The Balaban J connectivity index is 2.53. The molecule has 1 aromatic carbocycles. The van der Waals surface area contributed by atoms with E-state index in [4.69, 9.17) is 4.74 Å². The Labute approximate surface area is 69.6 Å². The molecule has 1 aromatic rings. The number of hydrogen-bond acceptors (Lipinski definition) is 2. The molecule has 64 valence electrons. The van der Waals surface area contributed by atoms with Gasteiger partial charge in [0.1, 0.15) is 5.82 Å². The summed E-state index contributed by atoms with van der Waals surface area (Å²) in [5.74, 6) is -0.0518. The minimum atomic E-state index is -0.406. The maximum absolute atomic E-state index is 12.7. The second-order valence-corrected chi connectivity index (χ2v) is 2.87. The van der Waals surface area contributed by atoms with E-state index in [0.717, 1.165) is 24.5 Å². The molecule has 0 aromatic heterocycles. The molecule has 0 saturated heterocycles. The van der Waals surface area contributed by atoms with Gasteiger partial charge in [-0.2, -0.15) is 0 Å². The first-order chi connectivity index (χ1) is 5.77.